The Hall–Kier alpha value is -6.59. The van der Waals surface area contributed by atoms with Crippen LogP contribution in [0.15, 0.2) is 96.4 Å². The molecule has 4 aromatic carbocycles. The van der Waals surface area contributed by atoms with Crippen LogP contribution in [-0.2, 0) is 43.1 Å². The van der Waals surface area contributed by atoms with Gasteiger partial charge >= 0.3 is 17.9 Å². The van der Waals surface area contributed by atoms with Gasteiger partial charge in [-0.05, 0) is 120 Å². The Labute approximate surface area is 382 Å². The molecule has 8 rings (SSSR count). The van der Waals surface area contributed by atoms with E-state index in [0.29, 0.717) is 79.9 Å². The summed E-state index contributed by atoms with van der Waals surface area (Å²) in [5.41, 5.74) is 5.79. The number of nitrogens with one attached hydrogen (secondary N) is 2. The van der Waals surface area contributed by atoms with Crippen molar-refractivity contribution in [1.29, 1.82) is 0 Å². The highest BCUT2D eigenvalue weighted by Crippen LogP contribution is 2.43. The van der Waals surface area contributed by atoms with Gasteiger partial charge in [0, 0.05) is 47.0 Å². The second kappa shape index (κ2) is 20.7. The molecule has 4 aromatic rings. The summed E-state index contributed by atoms with van der Waals surface area (Å²) in [6, 6.07) is 23.9. The zero-order valence-electron chi connectivity index (χ0n) is 38.0. The minimum absolute atomic E-state index is 0.104. The predicted molar refractivity (Wildman–Crippen MR) is 241 cm³/mol. The maximum absolute atomic E-state index is 13.3. The quantitative estimate of drug-likeness (QED) is 0.125. The Kier molecular flexibility index (Phi) is 15.3. The summed E-state index contributed by atoms with van der Waals surface area (Å²) in [4.78, 5) is 68.2. The van der Waals surface area contributed by atoms with Gasteiger partial charge in [0.15, 0.2) is 0 Å². The minimum atomic E-state index is -0.745. The molecule has 2 amide bonds. The first-order valence-electron chi connectivity index (χ1n) is 21.4. The average molecular weight is 909 g/mol. The van der Waals surface area contributed by atoms with Crippen molar-refractivity contribution < 1.29 is 57.0 Å². The second-order valence-electron chi connectivity index (χ2n) is 16.5. The number of hydroxylamine groups is 4. The molecule has 0 bridgehead atoms. The number of halogens is 2. The molecule has 2 spiro atoms. The molecule has 2 fully saturated rings. The van der Waals surface area contributed by atoms with Crippen molar-refractivity contribution in [2.24, 2.45) is 0 Å². The number of amides is 2. The summed E-state index contributed by atoms with van der Waals surface area (Å²) in [7, 11) is 3.24. The lowest BCUT2D eigenvalue weighted by Gasteiger charge is -2.38. The summed E-state index contributed by atoms with van der Waals surface area (Å²) in [6.45, 7) is 9.98. The molecular formula is C50H54F2N4O10. The Bertz CT molecular complexity index is 2550. The van der Waals surface area contributed by atoms with Crippen molar-refractivity contribution in [3.05, 3.63) is 130 Å². The van der Waals surface area contributed by atoms with Gasteiger partial charge in [-0.25, -0.2) is 8.78 Å². The van der Waals surface area contributed by atoms with Crippen LogP contribution in [-0.4, -0.2) is 96.4 Å². The fourth-order valence-electron chi connectivity index (χ4n) is 8.60. The summed E-state index contributed by atoms with van der Waals surface area (Å²) in [5.74, 6) is -2.24. The summed E-state index contributed by atoms with van der Waals surface area (Å²) >= 11 is 0. The number of piperidine rings is 2. The molecule has 16 heteroatoms. The third kappa shape index (κ3) is 10.9. The van der Waals surface area contributed by atoms with E-state index < -0.39 is 29.0 Å². The lowest BCUT2D eigenvalue weighted by Crippen LogP contribution is -2.53. The van der Waals surface area contributed by atoms with Crippen LogP contribution >= 0.6 is 0 Å². The summed E-state index contributed by atoms with van der Waals surface area (Å²) < 4.78 is 36.2. The highest BCUT2D eigenvalue weighted by molar-refractivity contribution is 6.24. The van der Waals surface area contributed by atoms with Gasteiger partial charge in [-0.1, -0.05) is 48.5 Å². The highest BCUT2D eigenvalue weighted by atomic mass is 19.1. The maximum atomic E-state index is 13.3. The number of rotatable bonds is 7. The molecular weight excluding hydrogens is 855 g/mol. The number of aryl methyl sites for hydroxylation is 2. The van der Waals surface area contributed by atoms with E-state index in [2.05, 4.69) is 15.4 Å². The monoisotopic (exact) mass is 908 g/mol. The molecule has 348 valence electrons. The van der Waals surface area contributed by atoms with E-state index in [4.69, 9.17) is 14.4 Å². The number of esters is 3. The SMILES string of the molecule is CC(=O)OC(C)=O.CON1CCC2(CC1)NC(=O)C(c1cc(-c3ccc(F)cc3)ccc1C)=C2O.CON1CCC2(CC1)NC(=O)C(c1cc(-c3ccc(F)cc3)ccc1C)=C2OC(C)=O. The van der Waals surface area contributed by atoms with Crippen LogP contribution in [0.25, 0.3) is 33.4 Å². The first-order valence-corrected chi connectivity index (χ1v) is 21.4. The van der Waals surface area contributed by atoms with Crippen LogP contribution < -0.4 is 10.6 Å². The van der Waals surface area contributed by atoms with Crippen LogP contribution in [0.3, 0.4) is 0 Å². The number of ether oxygens (including phenoxy) is 2. The van der Waals surface area contributed by atoms with E-state index in [1.807, 2.05) is 60.4 Å². The molecule has 14 nitrogen and oxygen atoms in total. The van der Waals surface area contributed by atoms with Gasteiger partial charge in [0.05, 0.1) is 25.4 Å². The van der Waals surface area contributed by atoms with E-state index in [-0.39, 0.29) is 29.2 Å². The fraction of sp³-hybridized carbons (Fsp3) is 0.340. The van der Waals surface area contributed by atoms with Gasteiger partial charge in [-0.2, -0.15) is 10.1 Å². The number of hydrogen-bond donors (Lipinski definition) is 3. The Morgan fingerprint density at radius 2 is 0.955 bits per heavy atom. The second-order valence-corrected chi connectivity index (χ2v) is 16.5. The first-order chi connectivity index (χ1) is 31.4. The normalized spacial score (nSPS) is 17.7. The molecule has 4 aliphatic rings. The molecule has 0 aromatic heterocycles. The first kappa shape index (κ1) is 48.9. The Morgan fingerprint density at radius 1 is 0.576 bits per heavy atom. The molecule has 0 aliphatic carbocycles. The number of benzene rings is 4. The Morgan fingerprint density at radius 3 is 1.35 bits per heavy atom. The summed E-state index contributed by atoms with van der Waals surface area (Å²) in [5, 5.41) is 20.8. The van der Waals surface area contributed by atoms with Crippen molar-refractivity contribution >= 4 is 40.9 Å². The van der Waals surface area contributed by atoms with E-state index in [9.17, 15) is 37.9 Å². The number of hydrogen-bond acceptors (Lipinski definition) is 12. The number of nitrogens with zero attached hydrogens (tertiary/aromatic N) is 2. The zero-order chi connectivity index (χ0) is 47.9. The zero-order valence-corrected chi connectivity index (χ0v) is 38.0. The topological polar surface area (TPSA) is 173 Å². The lowest BCUT2D eigenvalue weighted by atomic mass is 9.85. The molecule has 0 unspecified atom stereocenters. The van der Waals surface area contributed by atoms with Crippen LogP contribution in [0.5, 0.6) is 0 Å². The molecule has 3 N–H and O–H groups in total. The largest absolute Gasteiger partial charge is 0.509 e. The van der Waals surface area contributed by atoms with E-state index >= 15 is 0 Å². The van der Waals surface area contributed by atoms with Gasteiger partial charge in [-0.15, -0.1) is 0 Å². The molecule has 0 radical (unpaired) electrons. The van der Waals surface area contributed by atoms with Crippen molar-refractivity contribution in [3.63, 3.8) is 0 Å². The fourth-order valence-corrected chi connectivity index (χ4v) is 8.60. The van der Waals surface area contributed by atoms with Gasteiger partial charge in [0.25, 0.3) is 11.8 Å². The van der Waals surface area contributed by atoms with Crippen molar-refractivity contribution in [3.8, 4) is 22.3 Å². The van der Waals surface area contributed by atoms with E-state index in [1.165, 1.54) is 45.0 Å². The standard InChI is InChI=1S/C24H25FN2O4.C22H23FN2O3.C4H6O3/c1-15-4-5-18(17-6-8-19(25)9-7-17)14-20(15)21-22(31-16(2)28)24(26-23(21)29)10-12-27(30-3)13-11-24;1-14-3-4-16(15-5-7-17(23)8-6-15)13-18(14)19-20(26)22(24-21(19)27)9-11-25(28-2)12-10-22;1-3(5)7-4(2)6/h4-9,14H,10-13H2,1-3H3,(H,26,29);3-8,13,26H,9-12H2,1-2H3,(H,24,27);1-2H3. The smallest absolute Gasteiger partial charge is 0.310 e. The van der Waals surface area contributed by atoms with E-state index in [1.54, 1.807) is 38.5 Å². The Balaban J connectivity index is 0.000000192. The van der Waals surface area contributed by atoms with E-state index in [0.717, 1.165) is 33.4 Å². The minimum Gasteiger partial charge on any atom is -0.509 e. The van der Waals surface area contributed by atoms with Crippen LogP contribution in [0.4, 0.5) is 8.78 Å². The van der Waals surface area contributed by atoms with Crippen molar-refractivity contribution in [2.45, 2.75) is 71.4 Å². The predicted octanol–water partition coefficient (Wildman–Crippen LogP) is 7.29. The third-order valence-corrected chi connectivity index (χ3v) is 12.1. The number of carbonyl (C=O) groups is 5. The van der Waals surface area contributed by atoms with Crippen LogP contribution in [0, 0.1) is 25.5 Å². The average Bonchev–Trinajstić information content (AvgIpc) is 3.67. The summed E-state index contributed by atoms with van der Waals surface area (Å²) in [6.07, 6.45) is 2.29. The molecule has 4 aliphatic heterocycles. The van der Waals surface area contributed by atoms with Crippen LogP contribution in [0.1, 0.15) is 68.7 Å². The molecule has 0 saturated carbocycles. The van der Waals surface area contributed by atoms with Gasteiger partial charge < -0.3 is 34.9 Å². The lowest BCUT2D eigenvalue weighted by molar-refractivity contribution is -0.156. The highest BCUT2D eigenvalue weighted by Gasteiger charge is 2.50. The maximum Gasteiger partial charge on any atom is 0.310 e. The molecule has 0 atom stereocenters. The number of carbonyl (C=O) groups excluding carboxylic acids is 5. The van der Waals surface area contributed by atoms with Gasteiger partial charge in [-0.3, -0.25) is 24.0 Å². The van der Waals surface area contributed by atoms with Gasteiger partial charge in [0.2, 0.25) is 0 Å². The van der Waals surface area contributed by atoms with Crippen molar-refractivity contribution in [1.82, 2.24) is 20.8 Å². The number of aliphatic hydroxyl groups excluding tert-OH is 1. The molecule has 2 saturated heterocycles. The van der Waals surface area contributed by atoms with Gasteiger partial charge in [0.1, 0.15) is 34.2 Å². The van der Waals surface area contributed by atoms with Crippen molar-refractivity contribution in [2.75, 3.05) is 40.4 Å². The number of aliphatic hydroxyl groups is 1. The molecule has 4 heterocycles. The third-order valence-electron chi connectivity index (χ3n) is 12.1. The van der Waals surface area contributed by atoms with Crippen LogP contribution in [0.2, 0.25) is 0 Å². The molecule has 66 heavy (non-hydrogen) atoms.